The summed E-state index contributed by atoms with van der Waals surface area (Å²) in [6.45, 7) is 0. The molecular weight excluding hydrogens is 376 g/mol. The van der Waals surface area contributed by atoms with Crippen LogP contribution in [0.4, 0.5) is 5.69 Å². The van der Waals surface area contributed by atoms with Gasteiger partial charge in [0, 0.05) is 5.69 Å². The summed E-state index contributed by atoms with van der Waals surface area (Å²) in [4.78, 5) is 0. The number of benzene rings is 5. The molecule has 0 saturated carbocycles. The average molecular weight is 401 g/mol. The van der Waals surface area contributed by atoms with Gasteiger partial charge < -0.3 is 5.43 Å². The van der Waals surface area contributed by atoms with E-state index >= 15 is 0 Å². The molecule has 0 heterocycles. The Bertz CT molecular complexity index is 1170. The Kier molecular flexibility index (Phi) is 5.22. The first-order valence-corrected chi connectivity index (χ1v) is 10.5. The third-order valence-corrected chi connectivity index (χ3v) is 5.76. The third kappa shape index (κ3) is 3.70. The summed E-state index contributed by atoms with van der Waals surface area (Å²) >= 11 is 0. The van der Waals surface area contributed by atoms with Crippen molar-refractivity contribution in [3.8, 4) is 0 Å². The van der Waals surface area contributed by atoms with Gasteiger partial charge in [-0.25, -0.2) is 5.43 Å². The molecule has 5 rings (SSSR count). The maximum Gasteiger partial charge on any atom is 0.112 e. The van der Waals surface area contributed by atoms with E-state index in [1.165, 1.54) is 27.5 Å². The van der Waals surface area contributed by atoms with E-state index in [0.29, 0.717) is 0 Å². The van der Waals surface area contributed by atoms with Gasteiger partial charge in [0.15, 0.2) is 0 Å². The summed E-state index contributed by atoms with van der Waals surface area (Å²) in [5.41, 5.74) is 11.2. The van der Waals surface area contributed by atoms with Gasteiger partial charge in [0.1, 0.15) is 5.54 Å². The molecule has 0 fully saturated rings. The molecule has 0 aliphatic rings. The lowest BCUT2D eigenvalue weighted by atomic mass is 9.77. The maximum absolute atomic E-state index is 3.71. The van der Waals surface area contributed by atoms with E-state index in [0.717, 1.165) is 5.69 Å². The second kappa shape index (κ2) is 8.47. The van der Waals surface area contributed by atoms with Crippen LogP contribution in [0.2, 0.25) is 0 Å². The molecule has 2 N–H and O–H groups in total. The van der Waals surface area contributed by atoms with Crippen molar-refractivity contribution >= 4 is 16.5 Å². The molecule has 31 heavy (non-hydrogen) atoms. The monoisotopic (exact) mass is 400 g/mol. The topological polar surface area (TPSA) is 24.1 Å². The molecule has 0 aromatic heterocycles. The number of rotatable bonds is 6. The molecule has 5 aromatic carbocycles. The molecule has 0 radical (unpaired) electrons. The van der Waals surface area contributed by atoms with E-state index in [1.54, 1.807) is 0 Å². The number of hydrogen-bond donors (Lipinski definition) is 2. The van der Waals surface area contributed by atoms with E-state index < -0.39 is 5.54 Å². The number of hydrazine groups is 1. The minimum absolute atomic E-state index is 0.560. The van der Waals surface area contributed by atoms with Crippen LogP contribution in [0.15, 0.2) is 133 Å². The summed E-state index contributed by atoms with van der Waals surface area (Å²) in [5.74, 6) is 0. The SMILES string of the molecule is c1ccc(C(NNc2ccc3ccccc3c2)(c2ccccc2)c2ccccc2)cc1. The molecule has 0 atom stereocenters. The Morgan fingerprint density at radius 1 is 0.419 bits per heavy atom. The summed E-state index contributed by atoms with van der Waals surface area (Å²) in [6, 6.07) is 46.6. The van der Waals surface area contributed by atoms with Gasteiger partial charge in [-0.05, 0) is 39.6 Å². The highest BCUT2D eigenvalue weighted by Crippen LogP contribution is 2.36. The Morgan fingerprint density at radius 3 is 1.39 bits per heavy atom. The van der Waals surface area contributed by atoms with E-state index in [-0.39, 0.29) is 0 Å². The van der Waals surface area contributed by atoms with Gasteiger partial charge in [-0.2, -0.15) is 0 Å². The summed E-state index contributed by atoms with van der Waals surface area (Å²) in [7, 11) is 0. The van der Waals surface area contributed by atoms with Gasteiger partial charge in [0.25, 0.3) is 0 Å². The van der Waals surface area contributed by atoms with Crippen molar-refractivity contribution in [2.45, 2.75) is 5.54 Å². The van der Waals surface area contributed by atoms with Crippen LogP contribution in [-0.2, 0) is 5.54 Å². The molecule has 150 valence electrons. The fraction of sp³-hybridized carbons (Fsp3) is 0.0345. The average Bonchev–Trinajstić information content (AvgIpc) is 2.86. The van der Waals surface area contributed by atoms with Crippen LogP contribution in [0.3, 0.4) is 0 Å². The third-order valence-electron chi connectivity index (χ3n) is 5.76. The van der Waals surface area contributed by atoms with E-state index in [2.05, 4.69) is 144 Å². The molecule has 0 bridgehead atoms. The van der Waals surface area contributed by atoms with Crippen molar-refractivity contribution < 1.29 is 0 Å². The van der Waals surface area contributed by atoms with E-state index in [9.17, 15) is 0 Å². The quantitative estimate of drug-likeness (QED) is 0.243. The summed E-state index contributed by atoms with van der Waals surface area (Å²) in [6.07, 6.45) is 0. The predicted molar refractivity (Wildman–Crippen MR) is 130 cm³/mol. The zero-order chi connectivity index (χ0) is 20.9. The molecule has 2 heteroatoms. The van der Waals surface area contributed by atoms with Crippen molar-refractivity contribution in [3.05, 3.63) is 150 Å². The van der Waals surface area contributed by atoms with Gasteiger partial charge in [-0.3, -0.25) is 0 Å². The van der Waals surface area contributed by atoms with E-state index in [1.807, 2.05) is 0 Å². The van der Waals surface area contributed by atoms with Crippen LogP contribution >= 0.6 is 0 Å². The molecule has 0 aliphatic heterocycles. The second-order valence-corrected chi connectivity index (χ2v) is 7.66. The first-order chi connectivity index (χ1) is 15.4. The van der Waals surface area contributed by atoms with Gasteiger partial charge in [-0.1, -0.05) is 121 Å². The molecule has 0 unspecified atom stereocenters. The fourth-order valence-electron chi connectivity index (χ4n) is 4.21. The Hall–Kier alpha value is -3.88. The summed E-state index contributed by atoms with van der Waals surface area (Å²) < 4.78 is 0. The van der Waals surface area contributed by atoms with Crippen molar-refractivity contribution in [1.29, 1.82) is 0 Å². The van der Waals surface area contributed by atoms with Crippen LogP contribution in [0, 0.1) is 0 Å². The molecule has 0 aliphatic carbocycles. The molecule has 5 aromatic rings. The lowest BCUT2D eigenvalue weighted by Crippen LogP contribution is -2.47. The Balaban J connectivity index is 1.64. The highest BCUT2D eigenvalue weighted by Gasteiger charge is 2.36. The smallest absolute Gasteiger partial charge is 0.112 e. The van der Waals surface area contributed by atoms with Crippen LogP contribution in [-0.4, -0.2) is 0 Å². The zero-order valence-electron chi connectivity index (χ0n) is 17.2. The number of anilines is 1. The van der Waals surface area contributed by atoms with Crippen molar-refractivity contribution in [1.82, 2.24) is 5.43 Å². The van der Waals surface area contributed by atoms with Gasteiger partial charge in [0.2, 0.25) is 0 Å². The number of hydrogen-bond acceptors (Lipinski definition) is 2. The number of nitrogens with one attached hydrogen (secondary N) is 2. The van der Waals surface area contributed by atoms with E-state index in [4.69, 9.17) is 0 Å². The van der Waals surface area contributed by atoms with Crippen LogP contribution in [0.1, 0.15) is 16.7 Å². The minimum atomic E-state index is -0.560. The van der Waals surface area contributed by atoms with Crippen LogP contribution in [0.25, 0.3) is 10.8 Å². The maximum atomic E-state index is 3.71. The summed E-state index contributed by atoms with van der Waals surface area (Å²) in [5, 5.41) is 2.44. The molecule has 0 amide bonds. The van der Waals surface area contributed by atoms with Crippen molar-refractivity contribution in [3.63, 3.8) is 0 Å². The van der Waals surface area contributed by atoms with Gasteiger partial charge in [-0.15, -0.1) is 0 Å². The fourth-order valence-corrected chi connectivity index (χ4v) is 4.21. The molecule has 2 nitrogen and oxygen atoms in total. The molecule has 0 saturated heterocycles. The zero-order valence-corrected chi connectivity index (χ0v) is 17.2. The number of fused-ring (bicyclic) bond motifs is 1. The highest BCUT2D eigenvalue weighted by molar-refractivity contribution is 5.85. The highest BCUT2D eigenvalue weighted by atomic mass is 15.4. The Labute approximate surface area is 183 Å². The first-order valence-electron chi connectivity index (χ1n) is 10.5. The molecule has 0 spiro atoms. The molecular formula is C29H24N2. The first kappa shape index (κ1) is 19.1. The normalized spacial score (nSPS) is 11.4. The minimum Gasteiger partial charge on any atom is -0.320 e. The van der Waals surface area contributed by atoms with Crippen molar-refractivity contribution in [2.24, 2.45) is 0 Å². The van der Waals surface area contributed by atoms with Gasteiger partial charge >= 0.3 is 0 Å². The van der Waals surface area contributed by atoms with Crippen LogP contribution in [0.5, 0.6) is 0 Å². The van der Waals surface area contributed by atoms with Gasteiger partial charge in [0.05, 0.1) is 0 Å². The predicted octanol–water partition coefficient (Wildman–Crippen LogP) is 6.75. The standard InChI is InChI=1S/C29H24N2/c1-4-14-25(15-5-1)29(26-16-6-2-7-17-26,27-18-8-3-9-19-27)31-30-28-21-20-23-12-10-11-13-24(23)22-28/h1-22,30-31H. The Morgan fingerprint density at radius 2 is 0.871 bits per heavy atom. The second-order valence-electron chi connectivity index (χ2n) is 7.66. The lowest BCUT2D eigenvalue weighted by molar-refractivity contribution is 0.520. The van der Waals surface area contributed by atoms with Crippen LogP contribution < -0.4 is 10.9 Å². The largest absolute Gasteiger partial charge is 0.320 e. The lowest BCUT2D eigenvalue weighted by Gasteiger charge is -2.37. The van der Waals surface area contributed by atoms with Crippen molar-refractivity contribution in [2.75, 3.05) is 5.43 Å².